The van der Waals surface area contributed by atoms with Gasteiger partial charge in [0.25, 0.3) is 0 Å². The molecule has 1 N–H and O–H groups in total. The van der Waals surface area contributed by atoms with Crippen molar-refractivity contribution in [1.29, 1.82) is 0 Å². The number of hydrogen-bond donors (Lipinski definition) is 1. The second-order valence-corrected chi connectivity index (χ2v) is 5.57. The average molecular weight is 332 g/mol. The smallest absolute Gasteiger partial charge is 0.337 e. The SMILES string of the molecule is COC(=O)c1ccc(C)c(NC(=O)CCc2ccccc2Cl)c1. The summed E-state index contributed by atoms with van der Waals surface area (Å²) in [5.74, 6) is -0.563. The van der Waals surface area contributed by atoms with Crippen LogP contribution in [0.25, 0.3) is 0 Å². The Morgan fingerprint density at radius 1 is 1.17 bits per heavy atom. The Hall–Kier alpha value is -2.33. The number of carbonyl (C=O) groups is 2. The summed E-state index contributed by atoms with van der Waals surface area (Å²) in [5, 5.41) is 3.49. The molecule has 1 amide bonds. The fourth-order valence-corrected chi connectivity index (χ4v) is 2.39. The molecule has 0 heterocycles. The molecule has 0 unspecified atom stereocenters. The van der Waals surface area contributed by atoms with Crippen molar-refractivity contribution in [2.45, 2.75) is 19.8 Å². The van der Waals surface area contributed by atoms with Crippen molar-refractivity contribution in [2.24, 2.45) is 0 Å². The van der Waals surface area contributed by atoms with E-state index < -0.39 is 5.97 Å². The number of halogens is 1. The van der Waals surface area contributed by atoms with Crippen molar-refractivity contribution >= 4 is 29.2 Å². The molecular formula is C18H18ClNO3. The van der Waals surface area contributed by atoms with Crippen molar-refractivity contribution in [1.82, 2.24) is 0 Å². The molecule has 0 atom stereocenters. The van der Waals surface area contributed by atoms with Gasteiger partial charge in [-0.25, -0.2) is 4.79 Å². The van der Waals surface area contributed by atoms with Gasteiger partial charge in [-0.2, -0.15) is 0 Å². The minimum atomic E-state index is -0.434. The lowest BCUT2D eigenvalue weighted by atomic mass is 10.1. The summed E-state index contributed by atoms with van der Waals surface area (Å²) in [7, 11) is 1.32. The van der Waals surface area contributed by atoms with Crippen LogP contribution in [-0.2, 0) is 16.0 Å². The van der Waals surface area contributed by atoms with Gasteiger partial charge < -0.3 is 10.1 Å². The van der Waals surface area contributed by atoms with Crippen LogP contribution in [0.2, 0.25) is 5.02 Å². The highest BCUT2D eigenvalue weighted by atomic mass is 35.5. The summed E-state index contributed by atoms with van der Waals surface area (Å²) in [6.07, 6.45) is 0.868. The van der Waals surface area contributed by atoms with Crippen LogP contribution < -0.4 is 5.32 Å². The first-order chi connectivity index (χ1) is 11.0. The number of amides is 1. The zero-order valence-corrected chi connectivity index (χ0v) is 13.8. The highest BCUT2D eigenvalue weighted by molar-refractivity contribution is 6.31. The largest absolute Gasteiger partial charge is 0.465 e. The molecule has 0 fully saturated rings. The van der Waals surface area contributed by atoms with Crippen LogP contribution in [0.4, 0.5) is 5.69 Å². The van der Waals surface area contributed by atoms with Gasteiger partial charge >= 0.3 is 5.97 Å². The highest BCUT2D eigenvalue weighted by Crippen LogP contribution is 2.19. The normalized spacial score (nSPS) is 10.2. The van der Waals surface area contributed by atoms with E-state index in [1.165, 1.54) is 7.11 Å². The van der Waals surface area contributed by atoms with Gasteiger partial charge in [0.05, 0.1) is 12.7 Å². The Balaban J connectivity index is 2.02. The fourth-order valence-electron chi connectivity index (χ4n) is 2.16. The Labute approximate surface area is 140 Å². The monoisotopic (exact) mass is 331 g/mol. The van der Waals surface area contributed by atoms with E-state index in [-0.39, 0.29) is 5.91 Å². The van der Waals surface area contributed by atoms with E-state index in [2.05, 4.69) is 10.1 Å². The average Bonchev–Trinajstić information content (AvgIpc) is 2.55. The predicted octanol–water partition coefficient (Wildman–Crippen LogP) is 4.01. The summed E-state index contributed by atoms with van der Waals surface area (Å²) in [6.45, 7) is 1.87. The van der Waals surface area contributed by atoms with Crippen LogP contribution >= 0.6 is 11.6 Å². The summed E-state index contributed by atoms with van der Waals surface area (Å²) < 4.78 is 4.69. The molecular weight excluding hydrogens is 314 g/mol. The lowest BCUT2D eigenvalue weighted by Crippen LogP contribution is -2.14. The number of aryl methyl sites for hydroxylation is 2. The van der Waals surface area contributed by atoms with Crippen molar-refractivity contribution < 1.29 is 14.3 Å². The second-order valence-electron chi connectivity index (χ2n) is 5.16. The first-order valence-corrected chi connectivity index (χ1v) is 7.61. The molecule has 0 aliphatic carbocycles. The number of esters is 1. The van der Waals surface area contributed by atoms with E-state index in [1.54, 1.807) is 24.3 Å². The van der Waals surface area contributed by atoms with Gasteiger partial charge in [-0.15, -0.1) is 0 Å². The number of anilines is 1. The molecule has 0 saturated heterocycles. The van der Waals surface area contributed by atoms with E-state index in [0.29, 0.717) is 29.1 Å². The van der Waals surface area contributed by atoms with Gasteiger partial charge in [0.2, 0.25) is 5.91 Å². The summed E-state index contributed by atoms with van der Waals surface area (Å²) >= 11 is 6.08. The van der Waals surface area contributed by atoms with E-state index in [0.717, 1.165) is 11.1 Å². The summed E-state index contributed by atoms with van der Waals surface area (Å²) in [4.78, 5) is 23.7. The Bertz CT molecular complexity index is 728. The molecule has 2 aromatic carbocycles. The molecule has 120 valence electrons. The number of hydrogen-bond acceptors (Lipinski definition) is 3. The van der Waals surface area contributed by atoms with Crippen molar-refractivity contribution in [3.8, 4) is 0 Å². The maximum atomic E-state index is 12.1. The van der Waals surface area contributed by atoms with Crippen LogP contribution in [0, 0.1) is 6.92 Å². The molecule has 5 heteroatoms. The van der Waals surface area contributed by atoms with Gasteiger partial charge in [0, 0.05) is 17.1 Å². The molecule has 0 saturated carbocycles. The van der Waals surface area contributed by atoms with Gasteiger partial charge in [0.1, 0.15) is 0 Å². The Kier molecular flexibility index (Phi) is 5.77. The zero-order chi connectivity index (χ0) is 16.8. The quantitative estimate of drug-likeness (QED) is 0.842. The van der Waals surface area contributed by atoms with Gasteiger partial charge in [-0.05, 0) is 42.7 Å². The molecule has 0 aliphatic heterocycles. The fraction of sp³-hybridized carbons (Fsp3) is 0.222. The first kappa shape index (κ1) is 17.0. The lowest BCUT2D eigenvalue weighted by Gasteiger charge is -2.10. The maximum absolute atomic E-state index is 12.1. The minimum Gasteiger partial charge on any atom is -0.465 e. The van der Waals surface area contributed by atoms with E-state index in [9.17, 15) is 9.59 Å². The number of benzene rings is 2. The third-order valence-corrected chi connectivity index (χ3v) is 3.88. The van der Waals surface area contributed by atoms with Gasteiger partial charge in [-0.1, -0.05) is 35.9 Å². The van der Waals surface area contributed by atoms with Gasteiger partial charge in [-0.3, -0.25) is 4.79 Å². The van der Waals surface area contributed by atoms with Crippen LogP contribution in [0.3, 0.4) is 0 Å². The third-order valence-electron chi connectivity index (χ3n) is 3.51. The Morgan fingerprint density at radius 2 is 1.91 bits per heavy atom. The predicted molar refractivity (Wildman–Crippen MR) is 90.9 cm³/mol. The molecule has 0 bridgehead atoms. The van der Waals surface area contributed by atoms with Crippen molar-refractivity contribution in [2.75, 3.05) is 12.4 Å². The van der Waals surface area contributed by atoms with Gasteiger partial charge in [0.15, 0.2) is 0 Å². The molecule has 2 aromatic rings. The van der Waals surface area contributed by atoms with E-state index in [1.807, 2.05) is 25.1 Å². The number of carbonyl (C=O) groups excluding carboxylic acids is 2. The number of methoxy groups -OCH3 is 1. The third kappa shape index (κ3) is 4.57. The number of ether oxygens (including phenoxy) is 1. The number of rotatable bonds is 5. The van der Waals surface area contributed by atoms with Crippen LogP contribution in [-0.4, -0.2) is 19.0 Å². The van der Waals surface area contributed by atoms with Crippen molar-refractivity contribution in [3.63, 3.8) is 0 Å². The summed E-state index contributed by atoms with van der Waals surface area (Å²) in [5.41, 5.74) is 2.82. The Morgan fingerprint density at radius 3 is 2.61 bits per heavy atom. The molecule has 0 spiro atoms. The van der Waals surface area contributed by atoms with Crippen LogP contribution in [0.15, 0.2) is 42.5 Å². The van der Waals surface area contributed by atoms with E-state index >= 15 is 0 Å². The second kappa shape index (κ2) is 7.79. The molecule has 0 aliphatic rings. The zero-order valence-electron chi connectivity index (χ0n) is 13.1. The molecule has 0 radical (unpaired) electrons. The summed E-state index contributed by atoms with van der Waals surface area (Å²) in [6, 6.07) is 12.5. The first-order valence-electron chi connectivity index (χ1n) is 7.23. The maximum Gasteiger partial charge on any atom is 0.337 e. The topological polar surface area (TPSA) is 55.4 Å². The minimum absolute atomic E-state index is 0.130. The molecule has 2 rings (SSSR count). The molecule has 0 aromatic heterocycles. The van der Waals surface area contributed by atoms with Crippen LogP contribution in [0.5, 0.6) is 0 Å². The standard InChI is InChI=1S/C18H18ClNO3/c1-12-7-8-14(18(22)23-2)11-16(12)20-17(21)10-9-13-5-3-4-6-15(13)19/h3-8,11H,9-10H2,1-2H3,(H,20,21). The number of nitrogens with one attached hydrogen (secondary N) is 1. The van der Waals surface area contributed by atoms with Crippen molar-refractivity contribution in [3.05, 3.63) is 64.2 Å². The van der Waals surface area contributed by atoms with E-state index in [4.69, 9.17) is 11.6 Å². The lowest BCUT2D eigenvalue weighted by molar-refractivity contribution is -0.116. The molecule has 4 nitrogen and oxygen atoms in total. The van der Waals surface area contributed by atoms with Crippen LogP contribution in [0.1, 0.15) is 27.9 Å². The molecule has 23 heavy (non-hydrogen) atoms. The highest BCUT2D eigenvalue weighted by Gasteiger charge is 2.11.